The molecule has 0 fully saturated rings. The first-order valence-corrected chi connectivity index (χ1v) is 9.38. The zero-order chi connectivity index (χ0) is 20.0. The molecule has 9 nitrogen and oxygen atoms in total. The van der Waals surface area contributed by atoms with Crippen LogP contribution in [-0.2, 0) is 4.79 Å². The largest absolute Gasteiger partial charge is 0.489 e. The van der Waals surface area contributed by atoms with Gasteiger partial charge in [-0.2, -0.15) is 0 Å². The molecule has 9 heteroatoms. The number of amides is 1. The Labute approximate surface area is 166 Å². The lowest BCUT2D eigenvalue weighted by atomic mass is 10.1. The number of ether oxygens (including phenoxy) is 2. The summed E-state index contributed by atoms with van der Waals surface area (Å²) in [6, 6.07) is 11.3. The van der Waals surface area contributed by atoms with E-state index in [4.69, 9.17) is 15.2 Å². The third-order valence-corrected chi connectivity index (χ3v) is 4.83. The lowest BCUT2D eigenvalue weighted by Crippen LogP contribution is -2.31. The Hall–Kier alpha value is -3.75. The number of imidazole rings is 1. The number of benzene rings is 2. The van der Waals surface area contributed by atoms with Crippen LogP contribution in [-0.4, -0.2) is 34.6 Å². The second-order valence-corrected chi connectivity index (χ2v) is 6.96. The molecule has 0 saturated carbocycles. The van der Waals surface area contributed by atoms with E-state index in [9.17, 15) is 4.79 Å². The second kappa shape index (κ2) is 6.69. The number of hydrogen-bond acceptors (Lipinski definition) is 7. The third kappa shape index (κ3) is 3.10. The average molecular weight is 392 g/mol. The average Bonchev–Trinajstić information content (AvgIpc) is 2.87. The molecule has 2 aliphatic heterocycles. The van der Waals surface area contributed by atoms with Crippen molar-refractivity contribution in [2.24, 2.45) is 10.7 Å². The number of hydrogen-bond donors (Lipinski definition) is 3. The van der Waals surface area contributed by atoms with Crippen LogP contribution in [0.15, 0.2) is 41.4 Å². The highest BCUT2D eigenvalue weighted by molar-refractivity contribution is 5.95. The number of guanidine groups is 1. The van der Waals surface area contributed by atoms with Crippen molar-refractivity contribution in [2.45, 2.75) is 19.5 Å². The summed E-state index contributed by atoms with van der Waals surface area (Å²) in [6.45, 7) is 2.70. The molecule has 148 valence electrons. The lowest BCUT2D eigenvalue weighted by Gasteiger charge is -2.24. The molecule has 29 heavy (non-hydrogen) atoms. The van der Waals surface area contributed by atoms with Crippen molar-refractivity contribution >= 4 is 34.5 Å². The zero-order valence-electron chi connectivity index (χ0n) is 15.8. The fraction of sp³-hybridized carbons (Fsp3) is 0.250. The first-order valence-electron chi connectivity index (χ1n) is 9.38. The summed E-state index contributed by atoms with van der Waals surface area (Å²) in [5, 5.41) is 5.80. The number of carbonyl (C=O) groups excluding carboxylic acids is 1. The second-order valence-electron chi connectivity index (χ2n) is 6.96. The highest BCUT2D eigenvalue weighted by Gasteiger charge is 2.27. The van der Waals surface area contributed by atoms with Crippen molar-refractivity contribution in [3.05, 3.63) is 42.0 Å². The molecule has 0 saturated heterocycles. The Morgan fingerprint density at radius 1 is 1.21 bits per heavy atom. The van der Waals surface area contributed by atoms with Gasteiger partial charge in [0.05, 0.1) is 24.2 Å². The van der Waals surface area contributed by atoms with E-state index in [1.165, 1.54) is 6.92 Å². The predicted molar refractivity (Wildman–Crippen MR) is 109 cm³/mol. The van der Waals surface area contributed by atoms with Crippen LogP contribution >= 0.6 is 0 Å². The Balaban J connectivity index is 1.61. The number of nitrogens with two attached hydrogens (primary N) is 1. The van der Waals surface area contributed by atoms with Gasteiger partial charge in [0.15, 0.2) is 23.6 Å². The molecule has 1 atom stereocenters. The molecule has 2 aromatic carbocycles. The van der Waals surface area contributed by atoms with E-state index in [0.29, 0.717) is 30.7 Å². The molecular weight excluding hydrogens is 372 g/mol. The highest BCUT2D eigenvalue weighted by Crippen LogP contribution is 2.39. The molecule has 1 aromatic heterocycles. The highest BCUT2D eigenvalue weighted by atomic mass is 16.5. The maximum Gasteiger partial charge on any atom is 0.221 e. The van der Waals surface area contributed by atoms with Crippen LogP contribution in [0.3, 0.4) is 0 Å². The van der Waals surface area contributed by atoms with Gasteiger partial charge in [-0.1, -0.05) is 12.1 Å². The van der Waals surface area contributed by atoms with Crippen LogP contribution in [0.25, 0.3) is 11.0 Å². The van der Waals surface area contributed by atoms with Gasteiger partial charge in [0, 0.05) is 31.2 Å². The number of nitrogens with zero attached hydrogens (tertiary/aromatic N) is 3. The van der Waals surface area contributed by atoms with Crippen LogP contribution < -0.4 is 25.8 Å². The van der Waals surface area contributed by atoms with Gasteiger partial charge >= 0.3 is 0 Å². The molecule has 1 amide bonds. The van der Waals surface area contributed by atoms with Crippen LogP contribution in [0.1, 0.15) is 25.1 Å². The van der Waals surface area contributed by atoms with Gasteiger partial charge in [-0.3, -0.25) is 14.7 Å². The minimum Gasteiger partial charge on any atom is -0.489 e. The summed E-state index contributed by atoms with van der Waals surface area (Å²) < 4.78 is 13.6. The van der Waals surface area contributed by atoms with Gasteiger partial charge < -0.3 is 20.5 Å². The maximum atomic E-state index is 11.3. The first-order chi connectivity index (χ1) is 14.1. The summed E-state index contributed by atoms with van der Waals surface area (Å²) in [7, 11) is 0. The van der Waals surface area contributed by atoms with Gasteiger partial charge in [-0.05, 0) is 17.7 Å². The first kappa shape index (κ1) is 17.4. The molecular formula is C20H20N6O3. The molecule has 0 aliphatic carbocycles. The standard InChI is InChI=1S/C20H20N6O3/c1-11(27)22-13-5-3-12(4-6-13)18-24-19(21)25-20-23-14-9-16-17(10-15(14)26(18)20)29-8-2-7-28-16/h3-6,9-10,18H,2,7-8H2,1H3,(H,22,27)(H3,21,23,24,25)/t18-/m0/s1. The number of nitrogens with one attached hydrogen (secondary N) is 2. The number of fused-ring (bicyclic) bond motifs is 4. The fourth-order valence-electron chi connectivity index (χ4n) is 3.59. The summed E-state index contributed by atoms with van der Waals surface area (Å²) >= 11 is 0. The van der Waals surface area contributed by atoms with Crippen LogP contribution in [0.5, 0.6) is 11.5 Å². The van der Waals surface area contributed by atoms with E-state index in [1.54, 1.807) is 0 Å². The van der Waals surface area contributed by atoms with Gasteiger partial charge in [-0.15, -0.1) is 0 Å². The molecule has 5 rings (SSSR count). The topological polar surface area (TPSA) is 116 Å². The third-order valence-electron chi connectivity index (χ3n) is 4.83. The van der Waals surface area contributed by atoms with Crippen molar-refractivity contribution in [2.75, 3.05) is 23.8 Å². The Kier molecular flexibility index (Phi) is 4.01. The summed E-state index contributed by atoms with van der Waals surface area (Å²) in [5.41, 5.74) is 9.28. The molecule has 0 unspecified atom stereocenters. The van der Waals surface area contributed by atoms with Gasteiger partial charge in [0.1, 0.15) is 0 Å². The molecule has 3 heterocycles. The lowest BCUT2D eigenvalue weighted by molar-refractivity contribution is -0.114. The van der Waals surface area contributed by atoms with Gasteiger partial charge in [0.25, 0.3) is 0 Å². The quantitative estimate of drug-likeness (QED) is 0.617. The van der Waals surface area contributed by atoms with Crippen molar-refractivity contribution in [3.63, 3.8) is 0 Å². The number of carbonyl (C=O) groups is 1. The van der Waals surface area contributed by atoms with E-state index >= 15 is 0 Å². The molecule has 2 aliphatic rings. The normalized spacial score (nSPS) is 17.7. The fourth-order valence-corrected chi connectivity index (χ4v) is 3.59. The maximum absolute atomic E-state index is 11.3. The smallest absolute Gasteiger partial charge is 0.221 e. The summed E-state index contributed by atoms with van der Waals surface area (Å²) in [6.07, 6.45) is 0.441. The van der Waals surface area contributed by atoms with Crippen molar-refractivity contribution in [3.8, 4) is 11.5 Å². The van der Waals surface area contributed by atoms with E-state index in [0.717, 1.165) is 28.7 Å². The monoisotopic (exact) mass is 392 g/mol. The van der Waals surface area contributed by atoms with E-state index in [2.05, 4.69) is 20.6 Å². The van der Waals surface area contributed by atoms with Crippen LogP contribution in [0, 0.1) is 0 Å². The molecule has 0 bridgehead atoms. The molecule has 4 N–H and O–H groups in total. The molecule has 0 spiro atoms. The van der Waals surface area contributed by atoms with E-state index < -0.39 is 6.17 Å². The minimum atomic E-state index is -0.396. The number of anilines is 2. The number of rotatable bonds is 2. The van der Waals surface area contributed by atoms with Crippen molar-refractivity contribution < 1.29 is 14.3 Å². The van der Waals surface area contributed by atoms with Crippen molar-refractivity contribution in [1.82, 2.24) is 9.55 Å². The summed E-state index contributed by atoms with van der Waals surface area (Å²) in [4.78, 5) is 20.5. The zero-order valence-corrected chi connectivity index (χ0v) is 15.8. The Morgan fingerprint density at radius 3 is 2.66 bits per heavy atom. The summed E-state index contributed by atoms with van der Waals surface area (Å²) in [5.74, 6) is 2.16. The SMILES string of the molecule is CC(=O)Nc1ccc([C@H]2N=C(N)Nc3nc4cc5c(cc4n32)OCCCO5)cc1. The van der Waals surface area contributed by atoms with Crippen molar-refractivity contribution in [1.29, 1.82) is 0 Å². The predicted octanol–water partition coefficient (Wildman–Crippen LogP) is 2.44. The van der Waals surface area contributed by atoms with E-state index in [-0.39, 0.29) is 11.9 Å². The number of aromatic nitrogens is 2. The van der Waals surface area contributed by atoms with Gasteiger partial charge in [0.2, 0.25) is 11.9 Å². The Morgan fingerprint density at radius 2 is 1.93 bits per heavy atom. The molecule has 0 radical (unpaired) electrons. The van der Waals surface area contributed by atoms with Gasteiger partial charge in [-0.25, -0.2) is 9.98 Å². The Bertz CT molecular complexity index is 1140. The van der Waals surface area contributed by atoms with Crippen LogP contribution in [0.4, 0.5) is 11.6 Å². The minimum absolute atomic E-state index is 0.118. The number of aliphatic imine (C=N–C) groups is 1. The van der Waals surface area contributed by atoms with Crippen LogP contribution in [0.2, 0.25) is 0 Å². The van der Waals surface area contributed by atoms with E-state index in [1.807, 2.05) is 41.0 Å². The molecule has 3 aromatic rings.